The van der Waals surface area contributed by atoms with Crippen LogP contribution in [0.3, 0.4) is 0 Å². The van der Waals surface area contributed by atoms with E-state index in [1.165, 1.54) is 12.1 Å². The summed E-state index contributed by atoms with van der Waals surface area (Å²) in [5.41, 5.74) is 0.160. The van der Waals surface area contributed by atoms with Crippen LogP contribution in [0.4, 0.5) is 13.2 Å². The van der Waals surface area contributed by atoms with Gasteiger partial charge in [-0.25, -0.2) is 0 Å². The molecule has 26 heavy (non-hydrogen) atoms. The Morgan fingerprint density at radius 3 is 2.23 bits per heavy atom. The SMILES string of the molecule is CCC(=O)NCC(=O)NC(c1ccccc1)c1cccc(C(F)(F)F)c1. The number of rotatable bonds is 6. The first kappa shape index (κ1) is 19.5. The molecule has 0 heterocycles. The van der Waals surface area contributed by atoms with Gasteiger partial charge in [0.25, 0.3) is 0 Å². The lowest BCUT2D eigenvalue weighted by molar-refractivity contribution is -0.137. The molecule has 0 bridgehead atoms. The van der Waals surface area contributed by atoms with Gasteiger partial charge in [0.15, 0.2) is 0 Å². The molecule has 2 aromatic carbocycles. The zero-order valence-corrected chi connectivity index (χ0v) is 14.1. The van der Waals surface area contributed by atoms with Crippen molar-refractivity contribution in [3.8, 4) is 0 Å². The van der Waals surface area contributed by atoms with Crippen molar-refractivity contribution in [1.29, 1.82) is 0 Å². The van der Waals surface area contributed by atoms with Gasteiger partial charge in [-0.1, -0.05) is 49.4 Å². The van der Waals surface area contributed by atoms with Crippen molar-refractivity contribution in [2.75, 3.05) is 6.54 Å². The van der Waals surface area contributed by atoms with Crippen LogP contribution in [0.5, 0.6) is 0 Å². The fourth-order valence-corrected chi connectivity index (χ4v) is 2.42. The third-order valence-corrected chi connectivity index (χ3v) is 3.75. The fraction of sp³-hybridized carbons (Fsp3) is 0.263. The van der Waals surface area contributed by atoms with E-state index in [0.29, 0.717) is 11.1 Å². The largest absolute Gasteiger partial charge is 0.416 e. The molecule has 0 radical (unpaired) electrons. The Balaban J connectivity index is 2.28. The van der Waals surface area contributed by atoms with Crippen LogP contribution < -0.4 is 10.6 Å². The van der Waals surface area contributed by atoms with Crippen LogP contribution in [0.15, 0.2) is 54.6 Å². The van der Waals surface area contributed by atoms with Gasteiger partial charge in [0, 0.05) is 6.42 Å². The highest BCUT2D eigenvalue weighted by Gasteiger charge is 2.31. The highest BCUT2D eigenvalue weighted by atomic mass is 19.4. The molecule has 0 aliphatic rings. The Morgan fingerprint density at radius 1 is 0.962 bits per heavy atom. The Morgan fingerprint density at radius 2 is 1.62 bits per heavy atom. The summed E-state index contributed by atoms with van der Waals surface area (Å²) in [4.78, 5) is 23.4. The van der Waals surface area contributed by atoms with Crippen LogP contribution in [-0.4, -0.2) is 18.4 Å². The molecule has 2 aromatic rings. The van der Waals surface area contributed by atoms with E-state index in [0.717, 1.165) is 12.1 Å². The number of hydrogen-bond acceptors (Lipinski definition) is 2. The molecule has 1 atom stereocenters. The number of halogens is 3. The lowest BCUT2D eigenvalue weighted by atomic mass is 9.97. The Kier molecular flexibility index (Phi) is 6.38. The molecule has 0 aliphatic carbocycles. The minimum absolute atomic E-state index is 0.239. The summed E-state index contributed by atoms with van der Waals surface area (Å²) in [7, 11) is 0. The molecule has 7 heteroatoms. The smallest absolute Gasteiger partial charge is 0.347 e. The van der Waals surface area contributed by atoms with Gasteiger partial charge < -0.3 is 10.6 Å². The zero-order chi connectivity index (χ0) is 19.2. The Labute approximate surface area is 149 Å². The van der Waals surface area contributed by atoms with Gasteiger partial charge in [-0.3, -0.25) is 9.59 Å². The lowest BCUT2D eigenvalue weighted by Crippen LogP contribution is -2.38. The molecular formula is C19H19F3N2O2. The molecule has 0 aromatic heterocycles. The second-order valence-electron chi connectivity index (χ2n) is 5.66. The van der Waals surface area contributed by atoms with E-state index in [9.17, 15) is 22.8 Å². The standard InChI is InChI=1S/C19H19F3N2O2/c1-2-16(25)23-12-17(26)24-18(13-7-4-3-5-8-13)14-9-6-10-15(11-14)19(20,21)22/h3-11,18H,2,12H2,1H3,(H,23,25)(H,24,26). The maximum absolute atomic E-state index is 13.0. The summed E-state index contributed by atoms with van der Waals surface area (Å²) < 4.78 is 39.0. The summed E-state index contributed by atoms with van der Waals surface area (Å²) in [5.74, 6) is -0.770. The van der Waals surface area contributed by atoms with Crippen LogP contribution >= 0.6 is 0 Å². The molecule has 138 valence electrons. The molecule has 0 aliphatic heterocycles. The molecule has 0 fully saturated rings. The van der Waals surface area contributed by atoms with Crippen molar-refractivity contribution in [3.63, 3.8) is 0 Å². The van der Waals surface area contributed by atoms with Gasteiger partial charge in [0.1, 0.15) is 0 Å². The van der Waals surface area contributed by atoms with Crippen molar-refractivity contribution in [2.24, 2.45) is 0 Å². The normalized spacial score (nSPS) is 12.3. The fourth-order valence-electron chi connectivity index (χ4n) is 2.42. The van der Waals surface area contributed by atoms with Gasteiger partial charge in [-0.05, 0) is 23.3 Å². The summed E-state index contributed by atoms with van der Waals surface area (Å²) in [6.45, 7) is 1.41. The first-order chi connectivity index (χ1) is 12.3. The van der Waals surface area contributed by atoms with Gasteiger partial charge >= 0.3 is 6.18 Å². The summed E-state index contributed by atoms with van der Waals surface area (Å²) in [5, 5.41) is 5.13. The van der Waals surface area contributed by atoms with Gasteiger partial charge in [-0.15, -0.1) is 0 Å². The lowest BCUT2D eigenvalue weighted by Gasteiger charge is -2.21. The number of nitrogens with one attached hydrogen (secondary N) is 2. The molecular weight excluding hydrogens is 345 g/mol. The number of alkyl halides is 3. The first-order valence-corrected chi connectivity index (χ1v) is 8.09. The first-order valence-electron chi connectivity index (χ1n) is 8.09. The van der Waals surface area contributed by atoms with Gasteiger partial charge in [0.05, 0.1) is 18.2 Å². The Bertz CT molecular complexity index is 761. The number of carbonyl (C=O) groups is 2. The van der Waals surface area contributed by atoms with Crippen molar-refractivity contribution in [2.45, 2.75) is 25.6 Å². The van der Waals surface area contributed by atoms with Crippen LogP contribution in [-0.2, 0) is 15.8 Å². The van der Waals surface area contributed by atoms with E-state index in [2.05, 4.69) is 10.6 Å². The second kappa shape index (κ2) is 8.51. The van der Waals surface area contributed by atoms with E-state index in [1.807, 2.05) is 0 Å². The zero-order valence-electron chi connectivity index (χ0n) is 14.1. The van der Waals surface area contributed by atoms with Crippen LogP contribution in [0, 0.1) is 0 Å². The van der Waals surface area contributed by atoms with E-state index in [4.69, 9.17) is 0 Å². The molecule has 0 saturated carbocycles. The van der Waals surface area contributed by atoms with Crippen LogP contribution in [0.25, 0.3) is 0 Å². The highest BCUT2D eigenvalue weighted by Crippen LogP contribution is 2.32. The minimum atomic E-state index is -4.48. The molecule has 2 amide bonds. The summed E-state index contributed by atoms with van der Waals surface area (Å²) >= 11 is 0. The van der Waals surface area contributed by atoms with Crippen LogP contribution in [0.2, 0.25) is 0 Å². The average Bonchev–Trinajstić information content (AvgIpc) is 2.64. The number of hydrogen-bond donors (Lipinski definition) is 2. The molecule has 4 nitrogen and oxygen atoms in total. The average molecular weight is 364 g/mol. The van der Waals surface area contributed by atoms with Crippen molar-refractivity contribution in [3.05, 3.63) is 71.3 Å². The van der Waals surface area contributed by atoms with Gasteiger partial charge in [-0.2, -0.15) is 13.2 Å². The third kappa shape index (κ3) is 5.34. The second-order valence-corrected chi connectivity index (χ2v) is 5.66. The topological polar surface area (TPSA) is 58.2 Å². The summed E-state index contributed by atoms with van der Waals surface area (Å²) in [6, 6.07) is 12.8. The van der Waals surface area contributed by atoms with Crippen LogP contribution in [0.1, 0.15) is 36.1 Å². The van der Waals surface area contributed by atoms with E-state index in [1.54, 1.807) is 37.3 Å². The van der Waals surface area contributed by atoms with Gasteiger partial charge in [0.2, 0.25) is 11.8 Å². The molecule has 0 saturated heterocycles. The van der Waals surface area contributed by atoms with Crippen molar-refractivity contribution < 1.29 is 22.8 Å². The minimum Gasteiger partial charge on any atom is -0.347 e. The summed E-state index contributed by atoms with van der Waals surface area (Å²) in [6.07, 6.45) is -4.24. The number of amides is 2. The monoisotopic (exact) mass is 364 g/mol. The third-order valence-electron chi connectivity index (χ3n) is 3.75. The maximum Gasteiger partial charge on any atom is 0.416 e. The predicted octanol–water partition coefficient (Wildman–Crippen LogP) is 3.44. The molecule has 2 rings (SSSR count). The van der Waals surface area contributed by atoms with E-state index in [-0.39, 0.29) is 18.9 Å². The van der Waals surface area contributed by atoms with Crippen molar-refractivity contribution in [1.82, 2.24) is 10.6 Å². The van der Waals surface area contributed by atoms with E-state index >= 15 is 0 Å². The van der Waals surface area contributed by atoms with Crippen molar-refractivity contribution >= 4 is 11.8 Å². The Hall–Kier alpha value is -2.83. The quantitative estimate of drug-likeness (QED) is 0.825. The van der Waals surface area contributed by atoms with E-state index < -0.39 is 23.7 Å². The molecule has 1 unspecified atom stereocenters. The molecule has 2 N–H and O–H groups in total. The number of carbonyl (C=O) groups excluding carboxylic acids is 2. The predicted molar refractivity (Wildman–Crippen MR) is 91.2 cm³/mol. The number of benzene rings is 2. The highest BCUT2D eigenvalue weighted by molar-refractivity contribution is 5.85. The maximum atomic E-state index is 13.0. The molecule has 0 spiro atoms.